The summed E-state index contributed by atoms with van der Waals surface area (Å²) in [7, 11) is 3.95. The zero-order valence-electron chi connectivity index (χ0n) is 15.6. The Labute approximate surface area is 157 Å². The van der Waals surface area contributed by atoms with Crippen molar-refractivity contribution in [2.24, 2.45) is 0 Å². The number of ether oxygens (including phenoxy) is 1. The average Bonchev–Trinajstić information content (AvgIpc) is 3.16. The number of nitrogens with one attached hydrogen (secondary N) is 1. The predicted molar refractivity (Wildman–Crippen MR) is 102 cm³/mol. The van der Waals surface area contributed by atoms with Gasteiger partial charge in [-0.05, 0) is 67.3 Å². The van der Waals surface area contributed by atoms with E-state index in [1.54, 1.807) is 16.8 Å². The monoisotopic (exact) mass is 366 g/mol. The third kappa shape index (κ3) is 4.68. The molecule has 0 saturated heterocycles. The lowest BCUT2D eigenvalue weighted by molar-refractivity contribution is 0.102. The van der Waals surface area contributed by atoms with Gasteiger partial charge in [-0.2, -0.15) is 0 Å². The van der Waals surface area contributed by atoms with Crippen LogP contribution in [-0.2, 0) is 0 Å². The molecule has 1 amide bonds. The van der Waals surface area contributed by atoms with Gasteiger partial charge in [-0.15, -0.1) is 5.10 Å². The largest absolute Gasteiger partial charge is 0.491 e. The number of tetrazole rings is 1. The van der Waals surface area contributed by atoms with Gasteiger partial charge in [0.25, 0.3) is 5.91 Å². The van der Waals surface area contributed by atoms with E-state index in [2.05, 4.69) is 20.8 Å². The van der Waals surface area contributed by atoms with Crippen LogP contribution in [0.3, 0.4) is 0 Å². The van der Waals surface area contributed by atoms with Crippen molar-refractivity contribution in [1.82, 2.24) is 25.1 Å². The molecule has 2 aromatic carbocycles. The molecule has 0 aliphatic carbocycles. The van der Waals surface area contributed by atoms with Gasteiger partial charge in [0.05, 0.1) is 11.3 Å². The van der Waals surface area contributed by atoms with Gasteiger partial charge in [0.15, 0.2) is 0 Å². The van der Waals surface area contributed by atoms with Gasteiger partial charge in [-0.1, -0.05) is 12.1 Å². The van der Waals surface area contributed by atoms with Gasteiger partial charge in [-0.3, -0.25) is 4.79 Å². The fourth-order valence-corrected chi connectivity index (χ4v) is 2.58. The number of benzene rings is 2. The summed E-state index contributed by atoms with van der Waals surface area (Å²) in [4.78, 5) is 14.7. The Bertz CT molecular complexity index is 908. The van der Waals surface area contributed by atoms with Crippen LogP contribution < -0.4 is 10.1 Å². The van der Waals surface area contributed by atoms with Gasteiger partial charge in [0.1, 0.15) is 18.7 Å². The van der Waals surface area contributed by atoms with Crippen LogP contribution in [0.1, 0.15) is 15.9 Å². The van der Waals surface area contributed by atoms with E-state index >= 15 is 0 Å². The molecule has 0 aliphatic heterocycles. The quantitative estimate of drug-likeness (QED) is 0.690. The first kappa shape index (κ1) is 18.5. The van der Waals surface area contributed by atoms with E-state index in [9.17, 15) is 4.79 Å². The van der Waals surface area contributed by atoms with E-state index in [1.807, 2.05) is 56.3 Å². The highest BCUT2D eigenvalue weighted by Gasteiger charge is 2.13. The fraction of sp³-hybridized carbons (Fsp3) is 0.263. The highest BCUT2D eigenvalue weighted by molar-refractivity contribution is 6.06. The SMILES string of the molecule is Cc1cc(NC(=O)c2ccccc2OCCN(C)C)ccc1-n1cnnn1. The number of anilines is 1. The molecule has 0 saturated carbocycles. The first-order valence-corrected chi connectivity index (χ1v) is 8.56. The molecule has 3 rings (SSSR count). The third-order valence-electron chi connectivity index (χ3n) is 3.98. The number of aromatic nitrogens is 4. The lowest BCUT2D eigenvalue weighted by Crippen LogP contribution is -2.20. The Morgan fingerprint density at radius 3 is 2.74 bits per heavy atom. The van der Waals surface area contributed by atoms with Crippen LogP contribution in [0, 0.1) is 6.92 Å². The Balaban J connectivity index is 1.73. The Kier molecular flexibility index (Phi) is 5.77. The summed E-state index contributed by atoms with van der Waals surface area (Å²) in [5, 5.41) is 14.1. The molecule has 1 aromatic heterocycles. The Morgan fingerprint density at radius 1 is 1.22 bits per heavy atom. The van der Waals surface area contributed by atoms with Crippen molar-refractivity contribution in [1.29, 1.82) is 0 Å². The Morgan fingerprint density at radius 2 is 2.04 bits per heavy atom. The van der Waals surface area contributed by atoms with E-state index in [1.165, 1.54) is 6.33 Å². The van der Waals surface area contributed by atoms with E-state index < -0.39 is 0 Å². The number of para-hydroxylation sites is 1. The number of carbonyl (C=O) groups is 1. The van der Waals surface area contributed by atoms with Crippen LogP contribution in [0.2, 0.25) is 0 Å². The van der Waals surface area contributed by atoms with Gasteiger partial charge in [-0.25, -0.2) is 4.68 Å². The average molecular weight is 366 g/mol. The van der Waals surface area contributed by atoms with Crippen LogP contribution in [0.25, 0.3) is 5.69 Å². The summed E-state index contributed by atoms with van der Waals surface area (Å²) in [5.41, 5.74) is 2.98. The van der Waals surface area contributed by atoms with Crippen molar-refractivity contribution in [3.63, 3.8) is 0 Å². The fourth-order valence-electron chi connectivity index (χ4n) is 2.58. The maximum Gasteiger partial charge on any atom is 0.259 e. The summed E-state index contributed by atoms with van der Waals surface area (Å²) >= 11 is 0. The molecule has 0 fully saturated rings. The first-order chi connectivity index (χ1) is 13.0. The third-order valence-corrected chi connectivity index (χ3v) is 3.98. The van der Waals surface area contributed by atoms with E-state index in [-0.39, 0.29) is 5.91 Å². The van der Waals surface area contributed by atoms with Crippen LogP contribution in [-0.4, -0.2) is 58.3 Å². The van der Waals surface area contributed by atoms with Gasteiger partial charge >= 0.3 is 0 Å². The molecule has 8 nitrogen and oxygen atoms in total. The smallest absolute Gasteiger partial charge is 0.259 e. The van der Waals surface area contributed by atoms with Crippen molar-refractivity contribution in [3.05, 3.63) is 59.9 Å². The molecule has 0 radical (unpaired) electrons. The van der Waals surface area contributed by atoms with Crippen LogP contribution in [0.4, 0.5) is 5.69 Å². The second-order valence-corrected chi connectivity index (χ2v) is 6.36. The molecule has 0 aliphatic rings. The summed E-state index contributed by atoms with van der Waals surface area (Å²) in [5.74, 6) is 0.351. The number of amides is 1. The molecule has 0 unspecified atom stereocenters. The molecule has 1 N–H and O–H groups in total. The van der Waals surface area contributed by atoms with Gasteiger partial charge < -0.3 is 15.0 Å². The van der Waals surface area contributed by atoms with E-state index in [0.717, 1.165) is 17.8 Å². The van der Waals surface area contributed by atoms with Crippen LogP contribution in [0.15, 0.2) is 48.8 Å². The van der Waals surface area contributed by atoms with Crippen molar-refractivity contribution < 1.29 is 9.53 Å². The molecule has 0 atom stereocenters. The topological polar surface area (TPSA) is 85.2 Å². The molecule has 27 heavy (non-hydrogen) atoms. The van der Waals surface area contributed by atoms with E-state index in [4.69, 9.17) is 4.74 Å². The molecule has 140 valence electrons. The van der Waals surface area contributed by atoms with E-state index in [0.29, 0.717) is 23.6 Å². The lowest BCUT2D eigenvalue weighted by Gasteiger charge is -2.14. The van der Waals surface area contributed by atoms with Crippen LogP contribution in [0.5, 0.6) is 5.75 Å². The summed E-state index contributed by atoms with van der Waals surface area (Å²) < 4.78 is 7.35. The number of hydrogen-bond acceptors (Lipinski definition) is 6. The highest BCUT2D eigenvalue weighted by Crippen LogP contribution is 2.22. The summed E-state index contributed by atoms with van der Waals surface area (Å²) in [6.45, 7) is 3.22. The van der Waals surface area contributed by atoms with Crippen molar-refractivity contribution in [2.45, 2.75) is 6.92 Å². The Hall–Kier alpha value is -3.26. The normalized spacial score (nSPS) is 10.8. The molecule has 0 bridgehead atoms. The molecular weight excluding hydrogens is 344 g/mol. The number of likely N-dealkylation sites (N-methyl/N-ethyl adjacent to an activating group) is 1. The van der Waals surface area contributed by atoms with Gasteiger partial charge in [0.2, 0.25) is 0 Å². The molecule has 3 aromatic rings. The molecule has 1 heterocycles. The molecule has 0 spiro atoms. The zero-order chi connectivity index (χ0) is 19.2. The maximum absolute atomic E-state index is 12.7. The minimum atomic E-state index is -0.218. The summed E-state index contributed by atoms with van der Waals surface area (Å²) in [6, 6.07) is 12.8. The van der Waals surface area contributed by atoms with Crippen molar-refractivity contribution >= 4 is 11.6 Å². The number of carbonyl (C=O) groups excluding carboxylic acids is 1. The first-order valence-electron chi connectivity index (χ1n) is 8.56. The maximum atomic E-state index is 12.7. The number of hydrogen-bond donors (Lipinski definition) is 1. The minimum absolute atomic E-state index is 0.218. The minimum Gasteiger partial charge on any atom is -0.491 e. The van der Waals surface area contributed by atoms with Crippen LogP contribution >= 0.6 is 0 Å². The number of nitrogens with zero attached hydrogens (tertiary/aromatic N) is 5. The molecule has 8 heteroatoms. The number of aryl methyl sites for hydroxylation is 1. The predicted octanol–water partition coefficient (Wildman–Crippen LogP) is 2.16. The standard InChI is InChI=1S/C19H22N6O2/c1-14-12-15(8-9-17(14)25-13-20-22-23-25)21-19(26)16-6-4-5-7-18(16)27-11-10-24(2)3/h4-9,12-13H,10-11H2,1-3H3,(H,21,26). The second-order valence-electron chi connectivity index (χ2n) is 6.36. The van der Waals surface area contributed by atoms with Crippen molar-refractivity contribution in [2.75, 3.05) is 32.6 Å². The van der Waals surface area contributed by atoms with Gasteiger partial charge in [0, 0.05) is 12.2 Å². The second kappa shape index (κ2) is 8.41. The lowest BCUT2D eigenvalue weighted by atomic mass is 10.1. The molecular formula is C19H22N6O2. The number of rotatable bonds is 7. The highest BCUT2D eigenvalue weighted by atomic mass is 16.5. The van der Waals surface area contributed by atoms with Crippen molar-refractivity contribution in [3.8, 4) is 11.4 Å². The zero-order valence-corrected chi connectivity index (χ0v) is 15.6. The summed E-state index contributed by atoms with van der Waals surface area (Å²) in [6.07, 6.45) is 1.53.